The van der Waals surface area contributed by atoms with Crippen molar-refractivity contribution in [1.29, 1.82) is 0 Å². The van der Waals surface area contributed by atoms with Crippen LogP contribution in [0, 0.1) is 19.7 Å². The van der Waals surface area contributed by atoms with E-state index in [0.717, 1.165) is 33.4 Å². The molecular weight excluding hydrogens is 481 g/mol. The van der Waals surface area contributed by atoms with E-state index in [4.69, 9.17) is 4.74 Å². The predicted octanol–water partition coefficient (Wildman–Crippen LogP) is 5.61. The number of benzene rings is 3. The normalized spacial score (nSPS) is 13.7. The lowest BCUT2D eigenvalue weighted by molar-refractivity contribution is -0.00380. The Morgan fingerprint density at radius 3 is 2.42 bits per heavy atom. The Kier molecular flexibility index (Phi) is 7.22. The van der Waals surface area contributed by atoms with Crippen molar-refractivity contribution in [3.63, 3.8) is 0 Å². The van der Waals surface area contributed by atoms with E-state index in [1.807, 2.05) is 61.2 Å². The standard InChI is InChI=1S/C31H30FN3O3/c1-19-23(21-14-27(32)26(30(15-21)38-3)18-35-16-22(36)17-35)8-6-9-24(19)25-10-7-12-28(20(25)2)34-31(37)29-11-4-5-13-33-29/h4-15,22,36H,16-18H2,1-3H3,(H,34,37). The van der Waals surface area contributed by atoms with E-state index in [9.17, 15) is 9.90 Å². The fourth-order valence-corrected chi connectivity index (χ4v) is 4.98. The van der Waals surface area contributed by atoms with Gasteiger partial charge in [0.25, 0.3) is 5.91 Å². The molecule has 194 valence electrons. The third-order valence-corrected chi connectivity index (χ3v) is 7.11. The van der Waals surface area contributed by atoms with Crippen molar-refractivity contribution < 1.29 is 19.0 Å². The van der Waals surface area contributed by atoms with Gasteiger partial charge in [-0.1, -0.05) is 36.4 Å². The molecule has 1 saturated heterocycles. The number of rotatable bonds is 7. The van der Waals surface area contributed by atoms with Crippen LogP contribution in [0.4, 0.5) is 10.1 Å². The van der Waals surface area contributed by atoms with Crippen molar-refractivity contribution in [2.45, 2.75) is 26.5 Å². The molecule has 6 nitrogen and oxygen atoms in total. The summed E-state index contributed by atoms with van der Waals surface area (Å²) in [6.45, 7) is 5.45. The van der Waals surface area contributed by atoms with Gasteiger partial charge in [0.2, 0.25) is 0 Å². The molecule has 0 bridgehead atoms. The van der Waals surface area contributed by atoms with Gasteiger partial charge in [0, 0.05) is 37.1 Å². The minimum atomic E-state index is -0.348. The number of anilines is 1. The Morgan fingerprint density at radius 2 is 1.74 bits per heavy atom. The van der Waals surface area contributed by atoms with Crippen molar-refractivity contribution in [3.05, 3.63) is 101 Å². The summed E-state index contributed by atoms with van der Waals surface area (Å²) < 4.78 is 20.9. The zero-order valence-electron chi connectivity index (χ0n) is 21.7. The van der Waals surface area contributed by atoms with Crippen LogP contribution in [0.5, 0.6) is 5.75 Å². The van der Waals surface area contributed by atoms with Crippen LogP contribution >= 0.6 is 0 Å². The molecule has 1 aliphatic heterocycles. The van der Waals surface area contributed by atoms with Crippen LogP contribution in [-0.2, 0) is 6.54 Å². The number of likely N-dealkylation sites (tertiary alicyclic amines) is 1. The van der Waals surface area contributed by atoms with Crippen LogP contribution in [0.2, 0.25) is 0 Å². The number of halogens is 1. The summed E-state index contributed by atoms with van der Waals surface area (Å²) >= 11 is 0. The number of nitrogens with zero attached hydrogens (tertiary/aromatic N) is 2. The third kappa shape index (κ3) is 5.03. The topological polar surface area (TPSA) is 74.7 Å². The van der Waals surface area contributed by atoms with Gasteiger partial charge < -0.3 is 15.2 Å². The number of nitrogens with one attached hydrogen (secondary N) is 1. The monoisotopic (exact) mass is 511 g/mol. The first-order valence-electron chi connectivity index (χ1n) is 12.5. The highest BCUT2D eigenvalue weighted by Gasteiger charge is 2.27. The van der Waals surface area contributed by atoms with Gasteiger partial charge in [0.15, 0.2) is 0 Å². The Labute approximate surface area is 221 Å². The van der Waals surface area contributed by atoms with Crippen LogP contribution in [-0.4, -0.2) is 47.2 Å². The maximum atomic E-state index is 15.3. The number of β-amino-alcohol motifs (C(OH)–C–C–N with tert-alkyl or cyclic N) is 1. The molecule has 3 aromatic carbocycles. The zero-order chi connectivity index (χ0) is 26.8. The van der Waals surface area contributed by atoms with E-state index >= 15 is 4.39 Å². The van der Waals surface area contributed by atoms with Gasteiger partial charge in [-0.25, -0.2) is 4.39 Å². The quantitative estimate of drug-likeness (QED) is 0.337. The predicted molar refractivity (Wildman–Crippen MR) is 147 cm³/mol. The average molecular weight is 512 g/mol. The number of aliphatic hydroxyl groups excluding tert-OH is 1. The SMILES string of the molecule is COc1cc(-c2cccc(-c3cccc(NC(=O)c4ccccn4)c3C)c2C)cc(F)c1CN1CC(O)C1. The minimum Gasteiger partial charge on any atom is -0.496 e. The second-order valence-electron chi connectivity index (χ2n) is 9.61. The molecule has 1 fully saturated rings. The van der Waals surface area contributed by atoms with Crippen molar-refractivity contribution in [2.75, 3.05) is 25.5 Å². The van der Waals surface area contributed by atoms with Gasteiger partial charge in [-0.3, -0.25) is 14.7 Å². The fraction of sp³-hybridized carbons (Fsp3) is 0.226. The molecule has 2 heterocycles. The minimum absolute atomic E-state index is 0.272. The summed E-state index contributed by atoms with van der Waals surface area (Å²) in [5.74, 6) is -0.116. The number of carbonyl (C=O) groups is 1. The number of methoxy groups -OCH3 is 1. The van der Waals surface area contributed by atoms with Crippen molar-refractivity contribution >= 4 is 11.6 Å². The van der Waals surface area contributed by atoms with E-state index < -0.39 is 0 Å². The Balaban J connectivity index is 1.48. The molecule has 0 radical (unpaired) electrons. The molecule has 5 rings (SSSR count). The first-order valence-corrected chi connectivity index (χ1v) is 12.5. The van der Waals surface area contributed by atoms with Gasteiger partial charge in [0.05, 0.1) is 13.2 Å². The molecule has 0 unspecified atom stereocenters. The summed E-state index contributed by atoms with van der Waals surface area (Å²) in [6, 6.07) is 20.4. The van der Waals surface area contributed by atoms with E-state index in [0.29, 0.717) is 42.3 Å². The van der Waals surface area contributed by atoms with Gasteiger partial charge >= 0.3 is 0 Å². The van der Waals surface area contributed by atoms with Gasteiger partial charge in [-0.2, -0.15) is 0 Å². The fourth-order valence-electron chi connectivity index (χ4n) is 4.98. The zero-order valence-corrected chi connectivity index (χ0v) is 21.7. The number of aliphatic hydroxyl groups is 1. The number of ether oxygens (including phenoxy) is 1. The van der Waals surface area contributed by atoms with Crippen LogP contribution in [0.25, 0.3) is 22.3 Å². The lowest BCUT2D eigenvalue weighted by Crippen LogP contribution is -2.49. The summed E-state index contributed by atoms with van der Waals surface area (Å²) in [7, 11) is 1.55. The molecule has 4 aromatic rings. The molecule has 7 heteroatoms. The summed E-state index contributed by atoms with van der Waals surface area (Å²) in [5, 5.41) is 12.5. The number of carbonyl (C=O) groups excluding carboxylic acids is 1. The average Bonchev–Trinajstić information content (AvgIpc) is 2.90. The van der Waals surface area contributed by atoms with E-state index in [1.54, 1.807) is 37.6 Å². The smallest absolute Gasteiger partial charge is 0.274 e. The summed E-state index contributed by atoms with van der Waals surface area (Å²) in [4.78, 5) is 18.8. The van der Waals surface area contributed by atoms with Gasteiger partial charge in [-0.15, -0.1) is 0 Å². The maximum Gasteiger partial charge on any atom is 0.274 e. The number of amides is 1. The highest BCUT2D eigenvalue weighted by molar-refractivity contribution is 6.03. The third-order valence-electron chi connectivity index (χ3n) is 7.11. The lowest BCUT2D eigenvalue weighted by atomic mass is 9.90. The van der Waals surface area contributed by atoms with Crippen LogP contribution in [0.3, 0.4) is 0 Å². The molecular formula is C31H30FN3O3. The molecule has 1 amide bonds. The Morgan fingerprint density at radius 1 is 1.03 bits per heavy atom. The number of pyridine rings is 1. The Bertz CT molecular complexity index is 1480. The largest absolute Gasteiger partial charge is 0.496 e. The molecule has 1 aliphatic rings. The first kappa shape index (κ1) is 25.6. The van der Waals surface area contributed by atoms with Crippen molar-refractivity contribution in [3.8, 4) is 28.0 Å². The maximum absolute atomic E-state index is 15.3. The van der Waals surface area contributed by atoms with Crippen LogP contribution < -0.4 is 10.1 Å². The highest BCUT2D eigenvalue weighted by Crippen LogP contribution is 2.38. The first-order chi connectivity index (χ1) is 18.4. The van der Waals surface area contributed by atoms with Crippen molar-refractivity contribution in [2.24, 2.45) is 0 Å². The summed E-state index contributed by atoms with van der Waals surface area (Å²) in [5.41, 5.74) is 7.05. The number of aromatic nitrogens is 1. The molecule has 38 heavy (non-hydrogen) atoms. The molecule has 0 atom stereocenters. The number of hydrogen-bond acceptors (Lipinski definition) is 5. The molecule has 1 aromatic heterocycles. The molecule has 0 spiro atoms. The number of hydrogen-bond donors (Lipinski definition) is 2. The van der Waals surface area contributed by atoms with Crippen LogP contribution in [0.15, 0.2) is 72.9 Å². The second-order valence-corrected chi connectivity index (χ2v) is 9.61. The second kappa shape index (κ2) is 10.7. The highest BCUT2D eigenvalue weighted by atomic mass is 19.1. The summed E-state index contributed by atoms with van der Waals surface area (Å²) in [6.07, 6.45) is 1.24. The van der Waals surface area contributed by atoms with Gasteiger partial charge in [-0.05, 0) is 77.6 Å². The van der Waals surface area contributed by atoms with Crippen molar-refractivity contribution in [1.82, 2.24) is 9.88 Å². The van der Waals surface area contributed by atoms with E-state index in [2.05, 4.69) is 10.3 Å². The molecule has 0 saturated carbocycles. The van der Waals surface area contributed by atoms with E-state index in [-0.39, 0.29) is 17.8 Å². The molecule has 2 N–H and O–H groups in total. The van der Waals surface area contributed by atoms with Gasteiger partial charge in [0.1, 0.15) is 17.3 Å². The molecule has 0 aliphatic carbocycles. The van der Waals surface area contributed by atoms with E-state index in [1.165, 1.54) is 0 Å². The Hall–Kier alpha value is -4.07. The van der Waals surface area contributed by atoms with Crippen LogP contribution in [0.1, 0.15) is 27.2 Å². The lowest BCUT2D eigenvalue weighted by Gasteiger charge is -2.36.